The van der Waals surface area contributed by atoms with Gasteiger partial charge in [-0.25, -0.2) is 0 Å². The average Bonchev–Trinajstić information content (AvgIpc) is 2.76. The number of pyridine rings is 1. The van der Waals surface area contributed by atoms with Crippen molar-refractivity contribution < 1.29 is 24.2 Å². The van der Waals surface area contributed by atoms with Crippen LogP contribution in [-0.2, 0) is 14.4 Å². The first-order chi connectivity index (χ1) is 15.5. The van der Waals surface area contributed by atoms with Gasteiger partial charge in [0, 0.05) is 11.8 Å². The summed E-state index contributed by atoms with van der Waals surface area (Å²) in [7, 11) is 0. The summed E-state index contributed by atoms with van der Waals surface area (Å²) in [6.45, 7) is 5.89. The van der Waals surface area contributed by atoms with Crippen LogP contribution in [0.5, 0.6) is 5.75 Å². The molecule has 8 heteroatoms. The number of hydrogen-bond acceptors (Lipinski definition) is 5. The summed E-state index contributed by atoms with van der Waals surface area (Å²) in [5.74, 6) is -1.13. The van der Waals surface area contributed by atoms with Gasteiger partial charge in [0.1, 0.15) is 11.8 Å². The molecule has 0 radical (unpaired) electrons. The Labute approximate surface area is 191 Å². The molecule has 1 saturated heterocycles. The number of nitrogens with one attached hydrogen (secondary N) is 1. The van der Waals surface area contributed by atoms with Crippen LogP contribution < -0.4 is 15.6 Å². The molecule has 2 amide bonds. The van der Waals surface area contributed by atoms with E-state index in [2.05, 4.69) is 5.32 Å². The van der Waals surface area contributed by atoms with Gasteiger partial charge in [-0.2, -0.15) is 0 Å². The third-order valence-electron chi connectivity index (χ3n) is 7.38. The van der Waals surface area contributed by atoms with Gasteiger partial charge in [0.15, 0.2) is 0 Å². The van der Waals surface area contributed by atoms with E-state index in [-0.39, 0.29) is 35.8 Å². The van der Waals surface area contributed by atoms with Gasteiger partial charge < -0.3 is 9.84 Å². The first kappa shape index (κ1) is 23.0. The number of aromatic nitrogens is 1. The number of aliphatic carboxylic acids is 1. The number of rotatable bonds is 4. The molecule has 1 unspecified atom stereocenters. The molecule has 0 spiro atoms. The van der Waals surface area contributed by atoms with E-state index >= 15 is 0 Å². The highest BCUT2D eigenvalue weighted by molar-refractivity contribution is 5.99. The summed E-state index contributed by atoms with van der Waals surface area (Å²) < 4.78 is 7.71. The molecule has 1 aromatic heterocycles. The number of benzene rings is 1. The molecule has 1 atom stereocenters. The minimum atomic E-state index is -0.805. The maximum absolute atomic E-state index is 13.1. The normalized spacial score (nSPS) is 26.2. The summed E-state index contributed by atoms with van der Waals surface area (Å²) in [5, 5.41) is 13.3. The second-order valence-electron chi connectivity index (χ2n) is 10.2. The minimum Gasteiger partial charge on any atom is -0.488 e. The standard InChI is InChI=1S/C25H30N2O6/c1-24(2,3)25(23(31)32)12-10-15(11-13-25)33-19-14-27(18-8-9-20(28)26-21(18)29)22(30)17-7-5-4-6-16(17)19/h4-7,14-15,18H,8-13H2,1-3H3,(H,31,32)(H,26,28,29). The number of amides is 2. The van der Waals surface area contributed by atoms with Crippen LogP contribution in [0.25, 0.3) is 10.8 Å². The number of carboxylic acid groups (broad SMARTS) is 1. The first-order valence-electron chi connectivity index (χ1n) is 11.4. The van der Waals surface area contributed by atoms with E-state index < -0.39 is 23.3 Å². The maximum Gasteiger partial charge on any atom is 0.310 e. The Balaban J connectivity index is 1.66. The van der Waals surface area contributed by atoms with Crippen molar-refractivity contribution in [2.24, 2.45) is 10.8 Å². The fourth-order valence-electron chi connectivity index (χ4n) is 5.22. The second-order valence-corrected chi connectivity index (χ2v) is 10.2. The maximum atomic E-state index is 13.1. The molecular formula is C25H30N2O6. The highest BCUT2D eigenvalue weighted by Gasteiger charge is 2.50. The first-order valence-corrected chi connectivity index (χ1v) is 11.4. The molecule has 0 bridgehead atoms. The van der Waals surface area contributed by atoms with Crippen LogP contribution in [0.4, 0.5) is 0 Å². The van der Waals surface area contributed by atoms with E-state index in [0.717, 1.165) is 0 Å². The summed E-state index contributed by atoms with van der Waals surface area (Å²) >= 11 is 0. The Morgan fingerprint density at radius 2 is 1.73 bits per heavy atom. The molecule has 176 valence electrons. The third kappa shape index (κ3) is 4.03. The van der Waals surface area contributed by atoms with Crippen molar-refractivity contribution in [2.45, 2.75) is 71.4 Å². The van der Waals surface area contributed by atoms with Crippen LogP contribution in [0.1, 0.15) is 65.3 Å². The predicted octanol–water partition coefficient (Wildman–Crippen LogP) is 3.42. The van der Waals surface area contributed by atoms with E-state index in [1.807, 2.05) is 26.8 Å². The van der Waals surface area contributed by atoms with Crippen molar-refractivity contribution in [1.82, 2.24) is 9.88 Å². The van der Waals surface area contributed by atoms with Crippen molar-refractivity contribution in [3.8, 4) is 5.75 Å². The topological polar surface area (TPSA) is 115 Å². The lowest BCUT2D eigenvalue weighted by molar-refractivity contribution is -0.161. The van der Waals surface area contributed by atoms with Crippen molar-refractivity contribution in [3.63, 3.8) is 0 Å². The molecule has 33 heavy (non-hydrogen) atoms. The van der Waals surface area contributed by atoms with Crippen molar-refractivity contribution in [1.29, 1.82) is 0 Å². The van der Waals surface area contributed by atoms with Gasteiger partial charge in [-0.05, 0) is 43.6 Å². The van der Waals surface area contributed by atoms with Crippen LogP contribution in [0.15, 0.2) is 35.3 Å². The molecule has 8 nitrogen and oxygen atoms in total. The van der Waals surface area contributed by atoms with Crippen molar-refractivity contribution >= 4 is 28.6 Å². The summed E-state index contributed by atoms with van der Waals surface area (Å²) in [5.41, 5.74) is -1.50. The molecule has 1 aromatic carbocycles. The summed E-state index contributed by atoms with van der Waals surface area (Å²) in [4.78, 5) is 49.3. The van der Waals surface area contributed by atoms with Gasteiger partial charge >= 0.3 is 5.97 Å². The van der Waals surface area contributed by atoms with Gasteiger partial charge in [0.05, 0.1) is 23.1 Å². The fraction of sp³-hybridized carbons (Fsp3) is 0.520. The predicted molar refractivity (Wildman–Crippen MR) is 122 cm³/mol. The van der Waals surface area contributed by atoms with Crippen molar-refractivity contribution in [2.75, 3.05) is 0 Å². The van der Waals surface area contributed by atoms with E-state index in [1.165, 1.54) is 4.57 Å². The Kier molecular flexibility index (Phi) is 5.80. The molecule has 2 heterocycles. The number of carboxylic acids is 1. The molecule has 2 N–H and O–H groups in total. The van der Waals surface area contributed by atoms with Crippen LogP contribution in [0.2, 0.25) is 0 Å². The number of carbonyl (C=O) groups excluding carboxylic acids is 2. The molecule has 2 fully saturated rings. The molecule has 4 rings (SSSR count). The van der Waals surface area contributed by atoms with Crippen LogP contribution in [0, 0.1) is 10.8 Å². The molecule has 1 saturated carbocycles. The SMILES string of the molecule is CC(C)(C)C1(C(=O)O)CCC(Oc2cn(C3CCC(=O)NC3=O)c(=O)c3ccccc23)CC1. The Morgan fingerprint density at radius 1 is 1.09 bits per heavy atom. The monoisotopic (exact) mass is 454 g/mol. The van der Waals surface area contributed by atoms with Gasteiger partial charge in [-0.15, -0.1) is 0 Å². The molecule has 1 aliphatic carbocycles. The van der Waals surface area contributed by atoms with Gasteiger partial charge in [0.25, 0.3) is 5.56 Å². The van der Waals surface area contributed by atoms with Gasteiger partial charge in [-0.3, -0.25) is 29.1 Å². The zero-order valence-electron chi connectivity index (χ0n) is 19.2. The number of hydrogen-bond donors (Lipinski definition) is 2. The molecule has 2 aliphatic rings. The van der Waals surface area contributed by atoms with E-state index in [9.17, 15) is 24.3 Å². The van der Waals surface area contributed by atoms with E-state index in [4.69, 9.17) is 4.74 Å². The Bertz CT molecular complexity index is 1170. The lowest BCUT2D eigenvalue weighted by atomic mass is 9.59. The van der Waals surface area contributed by atoms with Crippen LogP contribution in [0.3, 0.4) is 0 Å². The Morgan fingerprint density at radius 3 is 2.30 bits per heavy atom. The fourth-order valence-corrected chi connectivity index (χ4v) is 5.22. The number of fused-ring (bicyclic) bond motifs is 1. The number of piperidine rings is 1. The summed E-state index contributed by atoms with van der Waals surface area (Å²) in [6.07, 6.45) is 3.94. The lowest BCUT2D eigenvalue weighted by Gasteiger charge is -2.45. The Hall–Kier alpha value is -3.16. The summed E-state index contributed by atoms with van der Waals surface area (Å²) in [6, 6.07) is 6.30. The second kappa shape index (κ2) is 8.32. The average molecular weight is 455 g/mol. The van der Waals surface area contributed by atoms with E-state index in [1.54, 1.807) is 24.4 Å². The zero-order chi connectivity index (χ0) is 24.0. The van der Waals surface area contributed by atoms with Gasteiger partial charge in [-0.1, -0.05) is 39.0 Å². The number of ether oxygens (including phenoxy) is 1. The molecule has 1 aliphatic heterocycles. The number of carbonyl (C=O) groups is 3. The van der Waals surface area contributed by atoms with Crippen molar-refractivity contribution in [3.05, 3.63) is 40.8 Å². The minimum absolute atomic E-state index is 0.165. The largest absolute Gasteiger partial charge is 0.488 e. The molecular weight excluding hydrogens is 424 g/mol. The zero-order valence-corrected chi connectivity index (χ0v) is 19.2. The quantitative estimate of drug-likeness (QED) is 0.684. The highest BCUT2D eigenvalue weighted by atomic mass is 16.5. The lowest BCUT2D eigenvalue weighted by Crippen LogP contribution is -2.47. The number of nitrogens with zero attached hydrogens (tertiary/aromatic N) is 1. The smallest absolute Gasteiger partial charge is 0.310 e. The van der Waals surface area contributed by atoms with Crippen LogP contribution in [-0.4, -0.2) is 33.6 Å². The number of imide groups is 1. The molecule has 2 aromatic rings. The third-order valence-corrected chi connectivity index (χ3v) is 7.38. The van der Waals surface area contributed by atoms with Gasteiger partial charge in [0.2, 0.25) is 11.8 Å². The van der Waals surface area contributed by atoms with Crippen LogP contribution >= 0.6 is 0 Å². The van der Waals surface area contributed by atoms with E-state index in [0.29, 0.717) is 42.2 Å². The highest BCUT2D eigenvalue weighted by Crippen LogP contribution is 2.50.